The van der Waals surface area contributed by atoms with Crippen LogP contribution in [0.5, 0.6) is 0 Å². The van der Waals surface area contributed by atoms with Gasteiger partial charge in [0.05, 0.1) is 5.69 Å². The van der Waals surface area contributed by atoms with Crippen molar-refractivity contribution in [2.75, 3.05) is 7.05 Å². The number of hydrogen-bond acceptors (Lipinski definition) is 2. The van der Waals surface area contributed by atoms with Gasteiger partial charge in [-0.15, -0.1) is 0 Å². The molecule has 10 heavy (non-hydrogen) atoms. The monoisotopic (exact) mass is 205 g/mol. The summed E-state index contributed by atoms with van der Waals surface area (Å²) in [5.74, 6) is 0. The minimum Gasteiger partial charge on any atom is -0.314 e. The number of hydrogen-bond donors (Lipinski definition) is 3. The molecule has 0 fully saturated rings. The van der Waals surface area contributed by atoms with Gasteiger partial charge in [-0.25, -0.2) is 0 Å². The normalized spacial score (nSPS) is 10.2. The van der Waals surface area contributed by atoms with E-state index in [1.54, 1.807) is 0 Å². The van der Waals surface area contributed by atoms with E-state index >= 15 is 0 Å². The van der Waals surface area contributed by atoms with Crippen LogP contribution in [-0.2, 0) is 6.54 Å². The molecule has 5 heteroatoms. The highest BCUT2D eigenvalue weighted by Gasteiger charge is 2.03. The first kappa shape index (κ1) is 7.56. The average Bonchev–Trinajstić information content (AvgIpc) is 2.20. The molecule has 1 heterocycles. The van der Waals surface area contributed by atoms with E-state index in [-0.39, 0.29) is 5.56 Å². The van der Waals surface area contributed by atoms with E-state index in [4.69, 9.17) is 0 Å². The Kier molecular flexibility index (Phi) is 2.29. The van der Waals surface area contributed by atoms with Gasteiger partial charge in [-0.2, -0.15) is 0 Å². The van der Waals surface area contributed by atoms with Gasteiger partial charge in [0.1, 0.15) is 4.47 Å². The van der Waals surface area contributed by atoms with Crippen LogP contribution < -0.4 is 10.9 Å². The molecule has 4 nitrogen and oxygen atoms in total. The van der Waals surface area contributed by atoms with Crippen molar-refractivity contribution in [2.24, 2.45) is 0 Å². The molecule has 0 spiro atoms. The molecule has 0 aliphatic carbocycles. The van der Waals surface area contributed by atoms with E-state index in [0.29, 0.717) is 11.0 Å². The molecule has 0 radical (unpaired) electrons. The molecular weight excluding hydrogens is 198 g/mol. The van der Waals surface area contributed by atoms with Crippen LogP contribution >= 0.6 is 15.9 Å². The van der Waals surface area contributed by atoms with Crippen molar-refractivity contribution in [3.63, 3.8) is 0 Å². The first-order chi connectivity index (χ1) is 4.75. The summed E-state index contributed by atoms with van der Waals surface area (Å²) < 4.78 is 0.571. The molecule has 1 aromatic heterocycles. The minimum atomic E-state index is -0.120. The Balaban J connectivity index is 2.94. The maximum atomic E-state index is 10.8. The van der Waals surface area contributed by atoms with Gasteiger partial charge in [0.15, 0.2) is 0 Å². The summed E-state index contributed by atoms with van der Waals surface area (Å²) in [7, 11) is 1.82. The molecule has 3 N–H and O–H groups in total. The van der Waals surface area contributed by atoms with E-state index in [1.165, 1.54) is 0 Å². The van der Waals surface area contributed by atoms with Gasteiger partial charge in [0, 0.05) is 6.54 Å². The minimum absolute atomic E-state index is 0.120. The lowest BCUT2D eigenvalue weighted by Crippen LogP contribution is -2.06. The third-order valence-corrected chi connectivity index (χ3v) is 1.98. The van der Waals surface area contributed by atoms with Gasteiger partial charge in [0.2, 0.25) is 0 Å². The molecule has 0 bridgehead atoms. The standard InChI is InChI=1S/C5H8BrN3O/c1-7-2-3-4(6)5(10)9-8-3/h7H,2H2,1H3,(H2,8,9,10). The molecule has 0 aliphatic heterocycles. The highest BCUT2D eigenvalue weighted by atomic mass is 79.9. The second kappa shape index (κ2) is 3.03. The second-order valence-corrected chi connectivity index (χ2v) is 2.69. The van der Waals surface area contributed by atoms with E-state index < -0.39 is 0 Å². The van der Waals surface area contributed by atoms with E-state index in [9.17, 15) is 4.79 Å². The van der Waals surface area contributed by atoms with E-state index in [1.807, 2.05) is 7.05 Å². The number of aromatic nitrogens is 2. The van der Waals surface area contributed by atoms with Crippen LogP contribution in [0.1, 0.15) is 5.69 Å². The molecule has 0 saturated heterocycles. The third kappa shape index (κ3) is 1.30. The molecule has 1 rings (SSSR count). The molecular formula is C5H8BrN3O. The summed E-state index contributed by atoms with van der Waals surface area (Å²) in [6.07, 6.45) is 0. The van der Waals surface area contributed by atoms with Crippen LogP contribution in [0.25, 0.3) is 0 Å². The van der Waals surface area contributed by atoms with Crippen molar-refractivity contribution in [3.8, 4) is 0 Å². The highest BCUT2D eigenvalue weighted by molar-refractivity contribution is 9.10. The Morgan fingerprint density at radius 3 is 2.70 bits per heavy atom. The molecule has 1 aromatic rings. The molecule has 0 saturated carbocycles. The van der Waals surface area contributed by atoms with Crippen molar-refractivity contribution in [1.29, 1.82) is 0 Å². The molecule has 0 unspecified atom stereocenters. The maximum absolute atomic E-state index is 10.8. The quantitative estimate of drug-likeness (QED) is 0.646. The summed E-state index contributed by atoms with van der Waals surface area (Å²) in [5, 5.41) is 8.10. The van der Waals surface area contributed by atoms with E-state index in [0.717, 1.165) is 5.69 Å². The van der Waals surface area contributed by atoms with Gasteiger partial charge in [-0.1, -0.05) is 0 Å². The van der Waals surface area contributed by atoms with E-state index in [2.05, 4.69) is 31.4 Å². The smallest absolute Gasteiger partial charge is 0.278 e. The molecule has 0 atom stereocenters. The molecule has 0 aliphatic rings. The van der Waals surface area contributed by atoms with Crippen molar-refractivity contribution in [2.45, 2.75) is 6.54 Å². The van der Waals surface area contributed by atoms with Crippen LogP contribution in [0.2, 0.25) is 0 Å². The second-order valence-electron chi connectivity index (χ2n) is 1.90. The van der Waals surface area contributed by atoms with Crippen molar-refractivity contribution < 1.29 is 0 Å². The zero-order valence-electron chi connectivity index (χ0n) is 5.49. The lowest BCUT2D eigenvalue weighted by Gasteiger charge is -1.92. The summed E-state index contributed by atoms with van der Waals surface area (Å²) in [6, 6.07) is 0. The lowest BCUT2D eigenvalue weighted by atomic mass is 10.4. The number of halogens is 1. The third-order valence-electron chi connectivity index (χ3n) is 1.14. The lowest BCUT2D eigenvalue weighted by molar-refractivity contribution is 0.781. The Morgan fingerprint density at radius 1 is 1.60 bits per heavy atom. The number of nitrogens with one attached hydrogen (secondary N) is 3. The Labute approximate surface area is 66.1 Å². The predicted octanol–water partition coefficient (Wildman–Crippen LogP) is 0.185. The van der Waals surface area contributed by atoms with Crippen LogP contribution in [-0.4, -0.2) is 17.2 Å². The fourth-order valence-electron chi connectivity index (χ4n) is 0.678. The van der Waals surface area contributed by atoms with Gasteiger partial charge in [0.25, 0.3) is 5.56 Å². The molecule has 0 aromatic carbocycles. The average molecular weight is 206 g/mol. The Morgan fingerprint density at radius 2 is 2.30 bits per heavy atom. The summed E-state index contributed by atoms with van der Waals surface area (Å²) in [6.45, 7) is 0.652. The van der Waals surface area contributed by atoms with Crippen LogP contribution in [0.15, 0.2) is 9.27 Å². The summed E-state index contributed by atoms with van der Waals surface area (Å²) >= 11 is 3.14. The van der Waals surface area contributed by atoms with Crippen molar-refractivity contribution >= 4 is 15.9 Å². The van der Waals surface area contributed by atoms with Crippen LogP contribution in [0.3, 0.4) is 0 Å². The Hall–Kier alpha value is -0.550. The first-order valence-electron chi connectivity index (χ1n) is 2.85. The number of H-pyrrole nitrogens is 2. The fourth-order valence-corrected chi connectivity index (χ4v) is 1.02. The molecule has 0 amide bonds. The summed E-state index contributed by atoms with van der Waals surface area (Å²) in [5.41, 5.74) is 0.720. The molecule has 56 valence electrons. The van der Waals surface area contributed by atoms with Crippen LogP contribution in [0.4, 0.5) is 0 Å². The summed E-state index contributed by atoms with van der Waals surface area (Å²) in [4.78, 5) is 10.8. The van der Waals surface area contributed by atoms with Gasteiger partial charge in [-0.3, -0.25) is 15.0 Å². The number of rotatable bonds is 2. The highest BCUT2D eigenvalue weighted by Crippen LogP contribution is 2.06. The topological polar surface area (TPSA) is 60.7 Å². The number of aromatic amines is 2. The van der Waals surface area contributed by atoms with Gasteiger partial charge in [-0.05, 0) is 23.0 Å². The first-order valence-corrected chi connectivity index (χ1v) is 3.64. The van der Waals surface area contributed by atoms with Crippen LogP contribution in [0, 0.1) is 0 Å². The Bertz CT molecular complexity index is 264. The largest absolute Gasteiger partial charge is 0.314 e. The fraction of sp³-hybridized carbons (Fsp3) is 0.400. The zero-order chi connectivity index (χ0) is 7.56. The van der Waals surface area contributed by atoms with Crippen molar-refractivity contribution in [3.05, 3.63) is 20.5 Å². The van der Waals surface area contributed by atoms with Crippen molar-refractivity contribution in [1.82, 2.24) is 15.5 Å². The predicted molar refractivity (Wildman–Crippen MR) is 41.9 cm³/mol. The SMILES string of the molecule is CNCc1[nH][nH]c(=O)c1Br. The maximum Gasteiger partial charge on any atom is 0.278 e. The van der Waals surface area contributed by atoms with Gasteiger partial charge >= 0.3 is 0 Å². The van der Waals surface area contributed by atoms with Gasteiger partial charge < -0.3 is 5.32 Å². The zero-order valence-corrected chi connectivity index (χ0v) is 7.08.